The zero-order valence-corrected chi connectivity index (χ0v) is 15.4. The van der Waals surface area contributed by atoms with E-state index in [0.717, 1.165) is 0 Å². The van der Waals surface area contributed by atoms with E-state index < -0.39 is 5.97 Å². The van der Waals surface area contributed by atoms with E-state index in [-0.39, 0.29) is 16.5 Å². The molecule has 3 rings (SSSR count). The van der Waals surface area contributed by atoms with Crippen molar-refractivity contribution in [2.24, 2.45) is 5.10 Å². The average molecular weight is 399 g/mol. The first kappa shape index (κ1) is 19.2. The first-order valence-corrected chi connectivity index (χ1v) is 8.46. The van der Waals surface area contributed by atoms with Gasteiger partial charge in [-0.3, -0.25) is 4.79 Å². The molecule has 0 bridgehead atoms. The number of nitrogens with one attached hydrogen (secondary N) is 1. The minimum absolute atomic E-state index is 0.0139. The second-order valence-electron chi connectivity index (χ2n) is 5.63. The van der Waals surface area contributed by atoms with Crippen LogP contribution in [0, 0.1) is 0 Å². The number of benzene rings is 2. The molecule has 0 fully saturated rings. The highest BCUT2D eigenvalue weighted by Gasteiger charge is 2.11. The second-order valence-corrected chi connectivity index (χ2v) is 6.04. The largest absolute Gasteiger partial charge is 0.497 e. The van der Waals surface area contributed by atoms with Crippen molar-refractivity contribution in [3.8, 4) is 17.1 Å². The average Bonchev–Trinajstić information content (AvgIpc) is 3.16. The van der Waals surface area contributed by atoms with Gasteiger partial charge in [0.15, 0.2) is 0 Å². The summed E-state index contributed by atoms with van der Waals surface area (Å²) in [5.74, 6) is 0.0723. The minimum atomic E-state index is -1.10. The third-order valence-electron chi connectivity index (χ3n) is 3.82. The predicted molar refractivity (Wildman–Crippen MR) is 104 cm³/mol. The maximum atomic E-state index is 12.0. The van der Waals surface area contributed by atoms with Crippen LogP contribution in [0.5, 0.6) is 5.75 Å². The fraction of sp³-hybridized carbons (Fsp3) is 0.0500. The number of methoxy groups -OCH3 is 1. The zero-order chi connectivity index (χ0) is 20.1. The number of aromatic carboxylic acids is 1. The number of furan rings is 1. The summed E-state index contributed by atoms with van der Waals surface area (Å²) in [7, 11) is 1.55. The molecule has 8 heteroatoms. The Morgan fingerprint density at radius 2 is 1.89 bits per heavy atom. The molecule has 0 unspecified atom stereocenters. The molecule has 0 aliphatic carbocycles. The molecule has 142 valence electrons. The number of hydrogen-bond acceptors (Lipinski definition) is 5. The number of carbonyl (C=O) groups is 2. The molecule has 0 saturated heterocycles. The lowest BCUT2D eigenvalue weighted by molar-refractivity contribution is 0.0696. The number of rotatable bonds is 6. The van der Waals surface area contributed by atoms with Gasteiger partial charge < -0.3 is 14.3 Å². The number of carboxylic acids is 1. The minimum Gasteiger partial charge on any atom is -0.497 e. The molecule has 1 aromatic heterocycles. The van der Waals surface area contributed by atoms with Gasteiger partial charge in [-0.2, -0.15) is 5.10 Å². The fourth-order valence-electron chi connectivity index (χ4n) is 2.38. The molecule has 0 aliphatic rings. The number of hydrazone groups is 1. The first-order chi connectivity index (χ1) is 13.5. The molecular weight excluding hydrogens is 384 g/mol. The van der Waals surface area contributed by atoms with Crippen LogP contribution in [-0.2, 0) is 0 Å². The molecule has 0 atom stereocenters. The highest BCUT2D eigenvalue weighted by Crippen LogP contribution is 2.27. The molecule has 0 saturated carbocycles. The Morgan fingerprint density at radius 3 is 2.54 bits per heavy atom. The van der Waals surface area contributed by atoms with E-state index in [0.29, 0.717) is 28.4 Å². The zero-order valence-electron chi connectivity index (χ0n) is 14.7. The van der Waals surface area contributed by atoms with Crippen molar-refractivity contribution in [3.05, 3.63) is 76.5 Å². The van der Waals surface area contributed by atoms with E-state index in [1.54, 1.807) is 49.6 Å². The molecule has 0 spiro atoms. The van der Waals surface area contributed by atoms with Crippen LogP contribution in [0.4, 0.5) is 0 Å². The summed E-state index contributed by atoms with van der Waals surface area (Å²) >= 11 is 5.97. The van der Waals surface area contributed by atoms with Gasteiger partial charge in [-0.15, -0.1) is 0 Å². The number of nitrogens with zero attached hydrogens (tertiary/aromatic N) is 1. The van der Waals surface area contributed by atoms with E-state index >= 15 is 0 Å². The van der Waals surface area contributed by atoms with E-state index in [4.69, 9.17) is 25.9 Å². The summed E-state index contributed by atoms with van der Waals surface area (Å²) in [5.41, 5.74) is 3.48. The number of carbonyl (C=O) groups excluding carboxylic acids is 1. The van der Waals surface area contributed by atoms with Crippen molar-refractivity contribution >= 4 is 29.7 Å². The molecule has 7 nitrogen and oxygen atoms in total. The van der Waals surface area contributed by atoms with Crippen molar-refractivity contribution in [1.29, 1.82) is 0 Å². The number of hydrogen-bond donors (Lipinski definition) is 2. The maximum absolute atomic E-state index is 12.0. The fourth-order valence-corrected chi connectivity index (χ4v) is 2.64. The summed E-state index contributed by atoms with van der Waals surface area (Å²) in [6.07, 6.45) is 1.36. The smallest absolute Gasteiger partial charge is 0.337 e. The van der Waals surface area contributed by atoms with E-state index in [1.807, 2.05) is 0 Å². The van der Waals surface area contributed by atoms with Crippen LogP contribution in [-0.4, -0.2) is 30.3 Å². The lowest BCUT2D eigenvalue weighted by Crippen LogP contribution is -2.17. The molecular formula is C20H15ClN2O5. The Labute approximate surface area is 165 Å². The van der Waals surface area contributed by atoms with Crippen LogP contribution >= 0.6 is 11.6 Å². The molecule has 3 aromatic rings. The van der Waals surface area contributed by atoms with Gasteiger partial charge in [-0.1, -0.05) is 17.7 Å². The van der Waals surface area contributed by atoms with E-state index in [2.05, 4.69) is 10.5 Å². The van der Waals surface area contributed by atoms with Crippen LogP contribution in [0.15, 0.2) is 64.1 Å². The number of halogens is 1. The Morgan fingerprint density at radius 1 is 1.14 bits per heavy atom. The molecule has 2 N–H and O–H groups in total. The highest BCUT2D eigenvalue weighted by molar-refractivity contribution is 6.33. The van der Waals surface area contributed by atoms with Crippen LogP contribution in [0.3, 0.4) is 0 Å². The Kier molecular flexibility index (Phi) is 5.76. The summed E-state index contributed by atoms with van der Waals surface area (Å²) < 4.78 is 10.7. The van der Waals surface area contributed by atoms with Gasteiger partial charge in [0.25, 0.3) is 5.91 Å². The van der Waals surface area contributed by atoms with E-state index in [9.17, 15) is 9.59 Å². The molecule has 0 aliphatic heterocycles. The Hall–Kier alpha value is -3.58. The van der Waals surface area contributed by atoms with Crippen LogP contribution < -0.4 is 10.2 Å². The van der Waals surface area contributed by atoms with E-state index in [1.165, 1.54) is 18.3 Å². The SMILES string of the molecule is COc1ccc(C(=O)N/N=C\c2ccc(-c3ccc(C(=O)O)c(Cl)c3)o2)cc1. The summed E-state index contributed by atoms with van der Waals surface area (Å²) in [5, 5.41) is 13.0. The summed E-state index contributed by atoms with van der Waals surface area (Å²) in [6, 6.07) is 14.5. The first-order valence-electron chi connectivity index (χ1n) is 8.08. The van der Waals surface area contributed by atoms with Gasteiger partial charge in [0.2, 0.25) is 0 Å². The van der Waals surface area contributed by atoms with Gasteiger partial charge in [-0.05, 0) is 48.5 Å². The molecule has 1 heterocycles. The standard InChI is InChI=1S/C20H15ClN2O5/c1-27-14-5-2-12(3-6-14)19(24)23-22-11-15-7-9-18(28-15)13-4-8-16(20(25)26)17(21)10-13/h2-11H,1H3,(H,23,24)(H,25,26)/b22-11-. The lowest BCUT2D eigenvalue weighted by Gasteiger charge is -2.02. The van der Waals surface area contributed by atoms with Crippen LogP contribution in [0.25, 0.3) is 11.3 Å². The third-order valence-corrected chi connectivity index (χ3v) is 4.13. The van der Waals surface area contributed by atoms with Crippen molar-refractivity contribution in [2.75, 3.05) is 7.11 Å². The number of amides is 1. The van der Waals surface area contributed by atoms with Crippen molar-refractivity contribution in [1.82, 2.24) is 5.43 Å². The van der Waals surface area contributed by atoms with Gasteiger partial charge in [0, 0.05) is 11.1 Å². The van der Waals surface area contributed by atoms with Gasteiger partial charge >= 0.3 is 5.97 Å². The maximum Gasteiger partial charge on any atom is 0.337 e. The van der Waals surface area contributed by atoms with Crippen molar-refractivity contribution in [3.63, 3.8) is 0 Å². The Balaban J connectivity index is 1.66. The second kappa shape index (κ2) is 8.41. The van der Waals surface area contributed by atoms with Crippen molar-refractivity contribution < 1.29 is 23.8 Å². The number of carboxylic acid groups (broad SMARTS) is 1. The predicted octanol–water partition coefficient (Wildman–Crippen LogP) is 4.07. The van der Waals surface area contributed by atoms with Gasteiger partial charge in [0.1, 0.15) is 17.3 Å². The Bertz CT molecular complexity index is 1040. The molecule has 0 radical (unpaired) electrons. The number of ether oxygens (including phenoxy) is 1. The van der Waals surface area contributed by atoms with Gasteiger partial charge in [-0.25, -0.2) is 10.2 Å². The monoisotopic (exact) mass is 398 g/mol. The van der Waals surface area contributed by atoms with Crippen molar-refractivity contribution in [2.45, 2.75) is 0 Å². The highest BCUT2D eigenvalue weighted by atomic mass is 35.5. The molecule has 1 amide bonds. The quantitative estimate of drug-likeness (QED) is 0.481. The summed E-state index contributed by atoms with van der Waals surface area (Å²) in [6.45, 7) is 0. The normalized spacial score (nSPS) is 10.8. The van der Waals surface area contributed by atoms with Crippen LogP contribution in [0.2, 0.25) is 5.02 Å². The molecule has 28 heavy (non-hydrogen) atoms. The van der Waals surface area contributed by atoms with Crippen LogP contribution in [0.1, 0.15) is 26.5 Å². The summed E-state index contributed by atoms with van der Waals surface area (Å²) in [4.78, 5) is 23.0. The lowest BCUT2D eigenvalue weighted by atomic mass is 10.1. The third kappa shape index (κ3) is 4.39. The topological polar surface area (TPSA) is 101 Å². The van der Waals surface area contributed by atoms with Gasteiger partial charge in [0.05, 0.1) is 23.9 Å². The molecule has 2 aromatic carbocycles.